The van der Waals surface area contributed by atoms with E-state index in [0.29, 0.717) is 5.16 Å². The predicted molar refractivity (Wildman–Crippen MR) is 90.7 cm³/mol. The van der Waals surface area contributed by atoms with Crippen molar-refractivity contribution in [3.8, 4) is 0 Å². The number of carboxylic acids is 1. The van der Waals surface area contributed by atoms with E-state index >= 15 is 0 Å². The zero-order valence-electron chi connectivity index (χ0n) is 14.1. The number of hydrogen-bond donors (Lipinski definition) is 2. The van der Waals surface area contributed by atoms with Gasteiger partial charge in [-0.2, -0.15) is 0 Å². The molecule has 2 aromatic rings. The average molecular weight is 366 g/mol. The molecule has 2 rings (SSSR count). The van der Waals surface area contributed by atoms with Crippen molar-refractivity contribution in [3.05, 3.63) is 42.0 Å². The number of hydrogen-bond acceptors (Lipinski definition) is 5. The average Bonchev–Trinajstić information content (AvgIpc) is 3.02. The SMILES string of the molecule is CC(C)n1cnnc1SCC(=O)NC(C)(C(=O)O)c1ccc(F)cc1. The fraction of sp³-hybridized carbons (Fsp3) is 0.375. The van der Waals surface area contributed by atoms with Crippen molar-refractivity contribution in [2.75, 3.05) is 5.75 Å². The molecule has 1 aromatic carbocycles. The highest BCUT2D eigenvalue weighted by Crippen LogP contribution is 2.23. The Labute approximate surface area is 148 Å². The van der Waals surface area contributed by atoms with Gasteiger partial charge in [-0.15, -0.1) is 10.2 Å². The molecule has 1 aromatic heterocycles. The summed E-state index contributed by atoms with van der Waals surface area (Å²) >= 11 is 1.16. The number of aromatic nitrogens is 3. The van der Waals surface area contributed by atoms with Crippen LogP contribution >= 0.6 is 11.8 Å². The van der Waals surface area contributed by atoms with Crippen LogP contribution in [0.15, 0.2) is 35.7 Å². The van der Waals surface area contributed by atoms with Gasteiger partial charge >= 0.3 is 5.97 Å². The molecule has 1 unspecified atom stereocenters. The van der Waals surface area contributed by atoms with E-state index in [-0.39, 0.29) is 17.4 Å². The van der Waals surface area contributed by atoms with Gasteiger partial charge in [-0.25, -0.2) is 9.18 Å². The van der Waals surface area contributed by atoms with Crippen molar-refractivity contribution in [3.63, 3.8) is 0 Å². The number of carbonyl (C=O) groups is 2. The summed E-state index contributed by atoms with van der Waals surface area (Å²) in [6.45, 7) is 5.29. The predicted octanol–water partition coefficient (Wildman–Crippen LogP) is 2.21. The Morgan fingerprint density at radius 2 is 2.00 bits per heavy atom. The Balaban J connectivity index is 2.09. The number of aliphatic carboxylic acids is 1. The monoisotopic (exact) mass is 366 g/mol. The molecule has 2 N–H and O–H groups in total. The molecular formula is C16H19FN4O3S. The van der Waals surface area contributed by atoms with Crippen molar-refractivity contribution < 1.29 is 19.1 Å². The topological polar surface area (TPSA) is 97.1 Å². The number of nitrogens with one attached hydrogen (secondary N) is 1. The van der Waals surface area contributed by atoms with Crippen LogP contribution in [0.1, 0.15) is 32.4 Å². The molecule has 25 heavy (non-hydrogen) atoms. The lowest BCUT2D eigenvalue weighted by molar-refractivity contribution is -0.147. The van der Waals surface area contributed by atoms with Gasteiger partial charge in [0.25, 0.3) is 0 Å². The molecule has 0 aliphatic rings. The smallest absolute Gasteiger partial charge is 0.333 e. The molecule has 0 bridgehead atoms. The van der Waals surface area contributed by atoms with Gasteiger partial charge in [0.2, 0.25) is 5.91 Å². The molecule has 0 radical (unpaired) electrons. The summed E-state index contributed by atoms with van der Waals surface area (Å²) in [5, 5.41) is 20.4. The minimum atomic E-state index is -1.66. The molecule has 1 amide bonds. The van der Waals surface area contributed by atoms with Crippen LogP contribution < -0.4 is 5.32 Å². The van der Waals surface area contributed by atoms with Crippen molar-refractivity contribution in [1.82, 2.24) is 20.1 Å². The third kappa shape index (κ3) is 4.36. The van der Waals surface area contributed by atoms with Crippen LogP contribution in [0.4, 0.5) is 4.39 Å². The highest BCUT2D eigenvalue weighted by atomic mass is 32.2. The Morgan fingerprint density at radius 3 is 2.56 bits per heavy atom. The number of nitrogens with zero attached hydrogens (tertiary/aromatic N) is 3. The summed E-state index contributed by atoms with van der Waals surface area (Å²) in [5.74, 6) is -2.21. The first kappa shape index (κ1) is 18.9. The highest BCUT2D eigenvalue weighted by molar-refractivity contribution is 7.99. The lowest BCUT2D eigenvalue weighted by Gasteiger charge is -2.26. The zero-order valence-corrected chi connectivity index (χ0v) is 14.9. The molecule has 0 aliphatic heterocycles. The van der Waals surface area contributed by atoms with Crippen molar-refractivity contribution in [2.24, 2.45) is 0 Å². The maximum absolute atomic E-state index is 13.1. The van der Waals surface area contributed by atoms with Crippen LogP contribution in [-0.2, 0) is 15.1 Å². The van der Waals surface area contributed by atoms with Gasteiger partial charge in [0.05, 0.1) is 5.75 Å². The first-order valence-corrected chi connectivity index (χ1v) is 8.55. The summed E-state index contributed by atoms with van der Waals surface area (Å²) in [5.41, 5.74) is -1.37. The van der Waals surface area contributed by atoms with Crippen LogP contribution in [0.2, 0.25) is 0 Å². The molecule has 0 aliphatic carbocycles. The highest BCUT2D eigenvalue weighted by Gasteiger charge is 2.36. The van der Waals surface area contributed by atoms with Gasteiger partial charge < -0.3 is 15.0 Å². The molecule has 1 atom stereocenters. The minimum Gasteiger partial charge on any atom is -0.479 e. The quantitative estimate of drug-likeness (QED) is 0.729. The first-order chi connectivity index (χ1) is 11.7. The Morgan fingerprint density at radius 1 is 1.36 bits per heavy atom. The second-order valence-corrected chi connectivity index (χ2v) is 6.83. The molecule has 9 heteroatoms. The Hall–Kier alpha value is -2.42. The fourth-order valence-electron chi connectivity index (χ4n) is 2.17. The van der Waals surface area contributed by atoms with E-state index in [1.165, 1.54) is 19.1 Å². The van der Waals surface area contributed by atoms with E-state index in [2.05, 4.69) is 15.5 Å². The van der Waals surface area contributed by atoms with Crippen LogP contribution in [-0.4, -0.2) is 37.5 Å². The number of benzene rings is 1. The van der Waals surface area contributed by atoms with Crippen LogP contribution in [0.25, 0.3) is 0 Å². The van der Waals surface area contributed by atoms with E-state index < -0.39 is 23.2 Å². The lowest BCUT2D eigenvalue weighted by Crippen LogP contribution is -2.50. The fourth-order valence-corrected chi connectivity index (χ4v) is 3.01. The summed E-state index contributed by atoms with van der Waals surface area (Å²) < 4.78 is 14.9. The second-order valence-electron chi connectivity index (χ2n) is 5.89. The number of carboxylic acid groups (broad SMARTS) is 1. The van der Waals surface area contributed by atoms with Gasteiger partial charge in [0.15, 0.2) is 10.7 Å². The third-order valence-electron chi connectivity index (χ3n) is 3.67. The van der Waals surface area contributed by atoms with Gasteiger partial charge in [0.1, 0.15) is 12.1 Å². The molecular weight excluding hydrogens is 347 g/mol. The summed E-state index contributed by atoms with van der Waals surface area (Å²) in [7, 11) is 0. The Bertz CT molecular complexity index is 763. The van der Waals surface area contributed by atoms with Gasteiger partial charge in [-0.05, 0) is 38.5 Å². The summed E-state index contributed by atoms with van der Waals surface area (Å²) in [6, 6.07) is 5.13. The first-order valence-electron chi connectivity index (χ1n) is 7.57. The van der Waals surface area contributed by atoms with Crippen molar-refractivity contribution in [1.29, 1.82) is 0 Å². The number of carbonyl (C=O) groups excluding carboxylic acids is 1. The minimum absolute atomic E-state index is 0.0184. The number of thioether (sulfide) groups is 1. The molecule has 0 saturated heterocycles. The van der Waals surface area contributed by atoms with E-state index in [1.807, 2.05) is 18.4 Å². The number of halogens is 1. The summed E-state index contributed by atoms with van der Waals surface area (Å²) in [4.78, 5) is 23.9. The number of rotatable bonds is 7. The molecule has 1 heterocycles. The normalized spacial score (nSPS) is 13.5. The lowest BCUT2D eigenvalue weighted by atomic mass is 9.92. The largest absolute Gasteiger partial charge is 0.479 e. The Kier molecular flexibility index (Phi) is 5.78. The van der Waals surface area contributed by atoms with E-state index in [1.54, 1.807) is 6.33 Å². The third-order valence-corrected chi connectivity index (χ3v) is 4.62. The molecule has 0 spiro atoms. The second kappa shape index (κ2) is 7.64. The van der Waals surface area contributed by atoms with Crippen molar-refractivity contribution >= 4 is 23.6 Å². The molecule has 134 valence electrons. The zero-order chi connectivity index (χ0) is 18.6. The van der Waals surface area contributed by atoms with Crippen LogP contribution in [0.5, 0.6) is 0 Å². The van der Waals surface area contributed by atoms with Gasteiger partial charge in [-0.3, -0.25) is 4.79 Å². The van der Waals surface area contributed by atoms with Crippen molar-refractivity contribution in [2.45, 2.75) is 37.5 Å². The van der Waals surface area contributed by atoms with E-state index in [9.17, 15) is 19.1 Å². The molecule has 0 fully saturated rings. The van der Waals surface area contributed by atoms with Gasteiger partial charge in [0, 0.05) is 6.04 Å². The standard InChI is InChI=1S/C16H19FN4O3S/c1-10(2)21-9-18-20-15(21)25-8-13(22)19-16(3,14(23)24)11-4-6-12(17)7-5-11/h4-7,9-10H,8H2,1-3H3,(H,19,22)(H,23,24). The van der Waals surface area contributed by atoms with Crippen LogP contribution in [0.3, 0.4) is 0 Å². The molecule has 7 nitrogen and oxygen atoms in total. The van der Waals surface area contributed by atoms with E-state index in [4.69, 9.17) is 0 Å². The van der Waals surface area contributed by atoms with E-state index in [0.717, 1.165) is 23.9 Å². The van der Waals surface area contributed by atoms with Gasteiger partial charge in [-0.1, -0.05) is 23.9 Å². The maximum atomic E-state index is 13.1. The summed E-state index contributed by atoms with van der Waals surface area (Å²) in [6.07, 6.45) is 1.57. The molecule has 0 saturated carbocycles. The van der Waals surface area contributed by atoms with Crippen LogP contribution in [0, 0.1) is 5.82 Å². The maximum Gasteiger partial charge on any atom is 0.333 e. The number of amides is 1.